The van der Waals surface area contributed by atoms with E-state index >= 15 is 0 Å². The number of hydrogen-bond donors (Lipinski definition) is 1. The maximum Gasteiger partial charge on any atom is 0.221 e. The van der Waals surface area contributed by atoms with Crippen molar-refractivity contribution < 1.29 is 9.53 Å². The normalized spacial score (nSPS) is 10.2. The largest absolute Gasteiger partial charge is 0.492 e. The fraction of sp³-hybridized carbons (Fsp3) is 0.214. The van der Waals surface area contributed by atoms with Crippen LogP contribution >= 0.6 is 0 Å². The number of nitrogens with one attached hydrogen (secondary N) is 1. The number of fused-ring (bicyclic) bond motifs is 1. The van der Waals surface area contributed by atoms with Crippen molar-refractivity contribution in [2.75, 3.05) is 11.9 Å². The summed E-state index contributed by atoms with van der Waals surface area (Å²) in [5, 5.41) is 4.91. The van der Waals surface area contributed by atoms with Crippen molar-refractivity contribution in [2.45, 2.75) is 13.8 Å². The SMILES string of the molecule is CCOc1ccc2ccccc2c1NC(C)=O. The zero-order chi connectivity index (χ0) is 12.3. The van der Waals surface area contributed by atoms with Crippen LogP contribution in [-0.2, 0) is 4.79 Å². The first-order valence-corrected chi connectivity index (χ1v) is 5.64. The van der Waals surface area contributed by atoms with Crippen molar-refractivity contribution >= 4 is 22.4 Å². The second kappa shape index (κ2) is 4.87. The van der Waals surface area contributed by atoms with E-state index in [1.807, 2.05) is 43.3 Å². The van der Waals surface area contributed by atoms with Crippen molar-refractivity contribution in [3.05, 3.63) is 36.4 Å². The van der Waals surface area contributed by atoms with Gasteiger partial charge in [-0.3, -0.25) is 4.79 Å². The Morgan fingerprint density at radius 2 is 2.00 bits per heavy atom. The number of amides is 1. The lowest BCUT2D eigenvalue weighted by Crippen LogP contribution is -2.08. The van der Waals surface area contributed by atoms with E-state index in [0.717, 1.165) is 16.5 Å². The van der Waals surface area contributed by atoms with Gasteiger partial charge in [0.25, 0.3) is 0 Å². The zero-order valence-electron chi connectivity index (χ0n) is 9.99. The molecule has 0 aliphatic carbocycles. The molecule has 3 nitrogen and oxygen atoms in total. The van der Waals surface area contributed by atoms with Gasteiger partial charge in [0.2, 0.25) is 5.91 Å². The molecule has 0 radical (unpaired) electrons. The fourth-order valence-electron chi connectivity index (χ4n) is 1.83. The predicted octanol–water partition coefficient (Wildman–Crippen LogP) is 3.20. The number of hydrogen-bond acceptors (Lipinski definition) is 2. The molecule has 17 heavy (non-hydrogen) atoms. The molecular formula is C14H15NO2. The Balaban J connectivity index is 2.61. The third-order valence-electron chi connectivity index (χ3n) is 2.49. The van der Waals surface area contributed by atoms with E-state index in [1.54, 1.807) is 0 Å². The number of carbonyl (C=O) groups excluding carboxylic acids is 1. The van der Waals surface area contributed by atoms with Gasteiger partial charge in [0.1, 0.15) is 5.75 Å². The summed E-state index contributed by atoms with van der Waals surface area (Å²) >= 11 is 0. The third kappa shape index (κ3) is 2.38. The fourth-order valence-corrected chi connectivity index (χ4v) is 1.83. The summed E-state index contributed by atoms with van der Waals surface area (Å²) in [5.41, 5.74) is 0.748. The summed E-state index contributed by atoms with van der Waals surface area (Å²) in [7, 11) is 0. The van der Waals surface area contributed by atoms with Crippen LogP contribution in [0, 0.1) is 0 Å². The molecule has 0 bridgehead atoms. The summed E-state index contributed by atoms with van der Waals surface area (Å²) in [5.74, 6) is 0.615. The molecule has 0 aliphatic heterocycles. The van der Waals surface area contributed by atoms with E-state index in [9.17, 15) is 4.79 Å². The summed E-state index contributed by atoms with van der Waals surface area (Å²) < 4.78 is 5.53. The molecule has 2 rings (SSSR count). The summed E-state index contributed by atoms with van der Waals surface area (Å²) in [6, 6.07) is 11.8. The molecule has 88 valence electrons. The van der Waals surface area contributed by atoms with Crippen molar-refractivity contribution in [1.29, 1.82) is 0 Å². The zero-order valence-corrected chi connectivity index (χ0v) is 9.99. The van der Waals surface area contributed by atoms with Crippen LogP contribution in [-0.4, -0.2) is 12.5 Å². The molecule has 0 spiro atoms. The Hall–Kier alpha value is -2.03. The topological polar surface area (TPSA) is 38.3 Å². The molecule has 2 aromatic rings. The Labute approximate surface area is 100 Å². The lowest BCUT2D eigenvalue weighted by atomic mass is 10.1. The Bertz CT molecular complexity index is 549. The van der Waals surface area contributed by atoms with Crippen LogP contribution in [0.1, 0.15) is 13.8 Å². The summed E-state index contributed by atoms with van der Waals surface area (Å²) in [6.45, 7) is 4.00. The smallest absolute Gasteiger partial charge is 0.221 e. The Morgan fingerprint density at radius 1 is 1.24 bits per heavy atom. The number of carbonyl (C=O) groups is 1. The van der Waals surface area contributed by atoms with Gasteiger partial charge in [-0.1, -0.05) is 30.3 Å². The molecule has 1 N–H and O–H groups in total. The van der Waals surface area contributed by atoms with Crippen LogP contribution in [0.3, 0.4) is 0 Å². The first-order chi connectivity index (χ1) is 8.22. The van der Waals surface area contributed by atoms with Gasteiger partial charge >= 0.3 is 0 Å². The van der Waals surface area contributed by atoms with Crippen molar-refractivity contribution in [3.63, 3.8) is 0 Å². The molecule has 0 atom stereocenters. The van der Waals surface area contributed by atoms with E-state index in [-0.39, 0.29) is 5.91 Å². The van der Waals surface area contributed by atoms with E-state index in [0.29, 0.717) is 12.4 Å². The highest BCUT2D eigenvalue weighted by molar-refractivity contribution is 6.04. The lowest BCUT2D eigenvalue weighted by Gasteiger charge is -2.13. The first-order valence-electron chi connectivity index (χ1n) is 5.64. The van der Waals surface area contributed by atoms with E-state index in [2.05, 4.69) is 5.32 Å². The van der Waals surface area contributed by atoms with Gasteiger partial charge in [-0.25, -0.2) is 0 Å². The standard InChI is InChI=1S/C14H15NO2/c1-3-17-13-9-8-11-6-4-5-7-12(11)14(13)15-10(2)16/h4-9H,3H2,1-2H3,(H,15,16). The van der Waals surface area contributed by atoms with Gasteiger partial charge in [0, 0.05) is 12.3 Å². The van der Waals surface area contributed by atoms with E-state index in [4.69, 9.17) is 4.74 Å². The predicted molar refractivity (Wildman–Crippen MR) is 69.4 cm³/mol. The average molecular weight is 229 g/mol. The minimum Gasteiger partial charge on any atom is -0.492 e. The molecule has 2 aromatic carbocycles. The molecule has 0 fully saturated rings. The quantitative estimate of drug-likeness (QED) is 0.877. The molecular weight excluding hydrogens is 214 g/mol. The second-order valence-electron chi connectivity index (χ2n) is 3.77. The van der Waals surface area contributed by atoms with Crippen molar-refractivity contribution in [2.24, 2.45) is 0 Å². The molecule has 0 unspecified atom stereocenters. The first kappa shape index (κ1) is 11.5. The van der Waals surface area contributed by atoms with Crippen molar-refractivity contribution in [1.82, 2.24) is 0 Å². The minimum absolute atomic E-state index is 0.0951. The molecule has 0 aliphatic rings. The number of anilines is 1. The number of rotatable bonds is 3. The molecule has 0 saturated carbocycles. The van der Waals surface area contributed by atoms with Crippen LogP contribution < -0.4 is 10.1 Å². The molecule has 1 amide bonds. The maximum atomic E-state index is 11.2. The van der Waals surface area contributed by atoms with Crippen LogP contribution in [0.2, 0.25) is 0 Å². The lowest BCUT2D eigenvalue weighted by molar-refractivity contribution is -0.114. The van der Waals surface area contributed by atoms with Gasteiger partial charge in [-0.05, 0) is 18.4 Å². The highest BCUT2D eigenvalue weighted by atomic mass is 16.5. The third-order valence-corrected chi connectivity index (χ3v) is 2.49. The minimum atomic E-state index is -0.0951. The van der Waals surface area contributed by atoms with E-state index in [1.165, 1.54) is 6.92 Å². The van der Waals surface area contributed by atoms with Crippen LogP contribution in [0.5, 0.6) is 5.75 Å². The number of benzene rings is 2. The van der Waals surface area contributed by atoms with Crippen LogP contribution in [0.4, 0.5) is 5.69 Å². The molecule has 0 aromatic heterocycles. The highest BCUT2D eigenvalue weighted by Gasteiger charge is 2.09. The van der Waals surface area contributed by atoms with Crippen LogP contribution in [0.15, 0.2) is 36.4 Å². The summed E-state index contributed by atoms with van der Waals surface area (Å²) in [6.07, 6.45) is 0. The van der Waals surface area contributed by atoms with Crippen molar-refractivity contribution in [3.8, 4) is 5.75 Å². The highest BCUT2D eigenvalue weighted by Crippen LogP contribution is 2.33. The monoisotopic (exact) mass is 229 g/mol. The molecule has 0 saturated heterocycles. The Morgan fingerprint density at radius 3 is 2.71 bits per heavy atom. The molecule has 3 heteroatoms. The van der Waals surface area contributed by atoms with Gasteiger partial charge in [-0.2, -0.15) is 0 Å². The second-order valence-corrected chi connectivity index (χ2v) is 3.77. The van der Waals surface area contributed by atoms with Gasteiger partial charge in [0.15, 0.2) is 0 Å². The number of ether oxygens (including phenoxy) is 1. The Kier molecular flexibility index (Phi) is 3.28. The van der Waals surface area contributed by atoms with Gasteiger partial charge in [0.05, 0.1) is 12.3 Å². The van der Waals surface area contributed by atoms with Gasteiger partial charge < -0.3 is 10.1 Å². The summed E-state index contributed by atoms with van der Waals surface area (Å²) in [4.78, 5) is 11.2. The average Bonchev–Trinajstić information content (AvgIpc) is 2.32. The van der Waals surface area contributed by atoms with Crippen LogP contribution in [0.25, 0.3) is 10.8 Å². The van der Waals surface area contributed by atoms with E-state index < -0.39 is 0 Å². The maximum absolute atomic E-state index is 11.2. The molecule has 0 heterocycles. The van der Waals surface area contributed by atoms with Gasteiger partial charge in [-0.15, -0.1) is 0 Å².